The molecule has 7 heteroatoms. The van der Waals surface area contributed by atoms with E-state index in [0.29, 0.717) is 30.7 Å². The smallest absolute Gasteiger partial charge is 0.255 e. The van der Waals surface area contributed by atoms with E-state index >= 15 is 0 Å². The molecule has 3 rings (SSSR count). The number of fused-ring (bicyclic) bond motifs is 1. The molecule has 0 aliphatic carbocycles. The minimum Gasteiger partial charge on any atom is -0.496 e. The van der Waals surface area contributed by atoms with Gasteiger partial charge in [0.15, 0.2) is 0 Å². The highest BCUT2D eigenvalue weighted by Crippen LogP contribution is 2.19. The van der Waals surface area contributed by atoms with E-state index in [4.69, 9.17) is 9.72 Å². The summed E-state index contributed by atoms with van der Waals surface area (Å²) in [7, 11) is 1.56. The van der Waals surface area contributed by atoms with E-state index in [1.54, 1.807) is 19.2 Å². The van der Waals surface area contributed by atoms with Crippen LogP contribution in [0.1, 0.15) is 49.3 Å². The van der Waals surface area contributed by atoms with Crippen LogP contribution in [0.15, 0.2) is 48.5 Å². The average molecular weight is 451 g/mol. The van der Waals surface area contributed by atoms with Crippen LogP contribution in [0.25, 0.3) is 11.0 Å². The van der Waals surface area contributed by atoms with Gasteiger partial charge in [0.1, 0.15) is 18.1 Å². The molecule has 0 aliphatic rings. The quantitative estimate of drug-likeness (QED) is 0.422. The molecule has 176 valence electrons. The first-order chi connectivity index (χ1) is 16.1. The van der Waals surface area contributed by atoms with E-state index in [2.05, 4.69) is 19.2 Å². The van der Waals surface area contributed by atoms with Gasteiger partial charge in [0.25, 0.3) is 5.91 Å². The largest absolute Gasteiger partial charge is 0.496 e. The van der Waals surface area contributed by atoms with Crippen molar-refractivity contribution in [3.63, 3.8) is 0 Å². The number of benzene rings is 2. The maximum Gasteiger partial charge on any atom is 0.255 e. The summed E-state index contributed by atoms with van der Waals surface area (Å²) in [4.78, 5) is 32.3. The second-order valence-electron chi connectivity index (χ2n) is 8.04. The fraction of sp³-hybridized carbons (Fsp3) is 0.423. The number of amides is 2. The van der Waals surface area contributed by atoms with Gasteiger partial charge in [-0.3, -0.25) is 9.59 Å². The van der Waals surface area contributed by atoms with Crippen molar-refractivity contribution < 1.29 is 14.3 Å². The maximum absolute atomic E-state index is 13.0. The fourth-order valence-corrected chi connectivity index (χ4v) is 4.00. The monoisotopic (exact) mass is 450 g/mol. The summed E-state index contributed by atoms with van der Waals surface area (Å²) in [5.74, 6) is 1.38. The molecular weight excluding hydrogens is 416 g/mol. The van der Waals surface area contributed by atoms with Gasteiger partial charge >= 0.3 is 0 Å². The third-order valence-corrected chi connectivity index (χ3v) is 5.58. The number of methoxy groups -OCH3 is 1. The zero-order chi connectivity index (χ0) is 23.6. The normalized spacial score (nSPS) is 10.9. The summed E-state index contributed by atoms with van der Waals surface area (Å²) < 4.78 is 7.30. The van der Waals surface area contributed by atoms with Crippen LogP contribution in [0.3, 0.4) is 0 Å². The van der Waals surface area contributed by atoms with E-state index in [1.165, 1.54) is 0 Å². The molecule has 0 unspecified atom stereocenters. The number of ether oxygens (including phenoxy) is 1. The van der Waals surface area contributed by atoms with Crippen molar-refractivity contribution in [2.45, 2.75) is 46.1 Å². The molecule has 0 atom stereocenters. The number of aromatic nitrogens is 2. The molecule has 33 heavy (non-hydrogen) atoms. The van der Waals surface area contributed by atoms with Crippen LogP contribution in [0.4, 0.5) is 0 Å². The van der Waals surface area contributed by atoms with Crippen molar-refractivity contribution >= 4 is 22.8 Å². The molecule has 2 amide bonds. The van der Waals surface area contributed by atoms with Gasteiger partial charge in [0, 0.05) is 26.1 Å². The highest BCUT2D eigenvalue weighted by Gasteiger charge is 2.18. The average Bonchev–Trinajstić information content (AvgIpc) is 3.18. The number of nitrogens with one attached hydrogen (secondary N) is 1. The second kappa shape index (κ2) is 12.0. The first-order valence-electron chi connectivity index (χ1n) is 11.7. The van der Waals surface area contributed by atoms with Gasteiger partial charge in [-0.25, -0.2) is 4.98 Å². The SMILES string of the molecule is CCCN(CCC)C(=O)Cn1c(CCCNC(=O)c2ccccc2OC)nc2ccccc21. The van der Waals surface area contributed by atoms with Gasteiger partial charge in [-0.15, -0.1) is 0 Å². The van der Waals surface area contributed by atoms with Gasteiger partial charge < -0.3 is 19.5 Å². The van der Waals surface area contributed by atoms with Crippen molar-refractivity contribution in [2.24, 2.45) is 0 Å². The van der Waals surface area contributed by atoms with Crippen LogP contribution in [0.5, 0.6) is 5.75 Å². The Labute approximate surface area is 195 Å². The predicted molar refractivity (Wildman–Crippen MR) is 131 cm³/mol. The molecule has 1 heterocycles. The standard InChI is InChI=1S/C26H34N4O3/c1-4-17-29(18-5-2)25(31)19-30-22-13-8-7-12-21(22)28-24(30)15-10-16-27-26(32)20-11-6-9-14-23(20)33-3/h6-9,11-14H,4-5,10,15-19H2,1-3H3,(H,27,32). The summed E-state index contributed by atoms with van der Waals surface area (Å²) in [6.07, 6.45) is 3.26. The van der Waals surface area contributed by atoms with E-state index in [0.717, 1.165) is 42.8 Å². The first kappa shape index (κ1) is 24.3. The molecule has 0 fully saturated rings. The lowest BCUT2D eigenvalue weighted by Crippen LogP contribution is -2.35. The molecule has 0 spiro atoms. The van der Waals surface area contributed by atoms with Crippen LogP contribution in [0.2, 0.25) is 0 Å². The third-order valence-electron chi connectivity index (χ3n) is 5.58. The van der Waals surface area contributed by atoms with Crippen LogP contribution >= 0.6 is 0 Å². The summed E-state index contributed by atoms with van der Waals surface area (Å²) in [6, 6.07) is 15.1. The summed E-state index contributed by atoms with van der Waals surface area (Å²) in [5, 5.41) is 2.96. The number of carbonyl (C=O) groups is 2. The first-order valence-corrected chi connectivity index (χ1v) is 11.7. The predicted octanol–water partition coefficient (Wildman–Crippen LogP) is 4.06. The molecule has 7 nitrogen and oxygen atoms in total. The van der Waals surface area contributed by atoms with Crippen molar-refractivity contribution in [3.05, 3.63) is 59.9 Å². The summed E-state index contributed by atoms with van der Waals surface area (Å²) >= 11 is 0. The molecule has 0 saturated carbocycles. The molecule has 3 aromatic rings. The third kappa shape index (κ3) is 6.12. The highest BCUT2D eigenvalue weighted by atomic mass is 16.5. The number of imidazole rings is 1. The molecule has 0 aliphatic heterocycles. The van der Waals surface area contributed by atoms with Crippen molar-refractivity contribution in [2.75, 3.05) is 26.7 Å². The molecule has 1 aromatic heterocycles. The van der Waals surface area contributed by atoms with Crippen molar-refractivity contribution in [3.8, 4) is 5.75 Å². The van der Waals surface area contributed by atoms with E-state index in [-0.39, 0.29) is 18.4 Å². The van der Waals surface area contributed by atoms with Gasteiger partial charge in [-0.05, 0) is 43.5 Å². The van der Waals surface area contributed by atoms with Gasteiger partial charge in [0.2, 0.25) is 5.91 Å². The Bertz CT molecular complexity index is 1070. The number of hydrogen-bond acceptors (Lipinski definition) is 4. The van der Waals surface area contributed by atoms with E-state index < -0.39 is 0 Å². The van der Waals surface area contributed by atoms with E-state index in [9.17, 15) is 9.59 Å². The molecule has 0 radical (unpaired) electrons. The Kier molecular flexibility index (Phi) is 8.87. The molecular formula is C26H34N4O3. The maximum atomic E-state index is 13.0. The Morgan fingerprint density at radius 3 is 2.45 bits per heavy atom. The fourth-order valence-electron chi connectivity index (χ4n) is 4.00. The Hall–Kier alpha value is -3.35. The van der Waals surface area contributed by atoms with Crippen molar-refractivity contribution in [1.82, 2.24) is 19.8 Å². The van der Waals surface area contributed by atoms with Gasteiger partial charge in [-0.2, -0.15) is 0 Å². The molecule has 1 N–H and O–H groups in total. The molecule has 0 bridgehead atoms. The summed E-state index contributed by atoms with van der Waals surface area (Å²) in [6.45, 7) is 6.50. The lowest BCUT2D eigenvalue weighted by molar-refractivity contribution is -0.131. The topological polar surface area (TPSA) is 76.5 Å². The number of carbonyl (C=O) groups excluding carboxylic acids is 2. The van der Waals surface area contributed by atoms with Crippen molar-refractivity contribution in [1.29, 1.82) is 0 Å². The second-order valence-corrected chi connectivity index (χ2v) is 8.04. The minimum atomic E-state index is -0.161. The van der Waals surface area contributed by atoms with E-state index in [1.807, 2.05) is 45.9 Å². The zero-order valence-electron chi connectivity index (χ0n) is 19.8. The highest BCUT2D eigenvalue weighted by molar-refractivity contribution is 5.96. The Balaban J connectivity index is 1.68. The summed E-state index contributed by atoms with van der Waals surface area (Å²) in [5.41, 5.74) is 2.37. The zero-order valence-corrected chi connectivity index (χ0v) is 19.8. The van der Waals surface area contributed by atoms with Crippen LogP contribution < -0.4 is 10.1 Å². The number of rotatable bonds is 12. The van der Waals surface area contributed by atoms with Gasteiger partial charge in [0.05, 0.1) is 23.7 Å². The van der Waals surface area contributed by atoms with Crippen LogP contribution in [-0.2, 0) is 17.8 Å². The molecule has 2 aromatic carbocycles. The molecule has 0 saturated heterocycles. The number of para-hydroxylation sites is 3. The van der Waals surface area contributed by atoms with Crippen LogP contribution in [-0.4, -0.2) is 53.0 Å². The lowest BCUT2D eigenvalue weighted by Gasteiger charge is -2.22. The van der Waals surface area contributed by atoms with Crippen LogP contribution in [0, 0.1) is 0 Å². The number of aryl methyl sites for hydroxylation is 1. The number of nitrogens with zero attached hydrogens (tertiary/aromatic N) is 3. The van der Waals surface area contributed by atoms with Gasteiger partial charge in [-0.1, -0.05) is 38.1 Å². The number of hydrogen-bond donors (Lipinski definition) is 1. The lowest BCUT2D eigenvalue weighted by atomic mass is 10.2. The minimum absolute atomic E-state index is 0.118. The Morgan fingerprint density at radius 1 is 1.03 bits per heavy atom. The Morgan fingerprint density at radius 2 is 1.73 bits per heavy atom.